The van der Waals surface area contributed by atoms with Crippen LogP contribution < -0.4 is 5.32 Å². The highest BCUT2D eigenvalue weighted by atomic mass is 127. The zero-order valence-corrected chi connectivity index (χ0v) is 8.77. The largest absolute Gasteiger partial charge is 0.433 e. The minimum atomic E-state index is -4.38. The first-order chi connectivity index (χ1) is 5.95. The average molecular weight is 302 g/mol. The van der Waals surface area contributed by atoms with Gasteiger partial charge in [-0.25, -0.2) is 0 Å². The average Bonchev–Trinajstić information content (AvgIpc) is 2.03. The molecule has 1 heterocycles. The summed E-state index contributed by atoms with van der Waals surface area (Å²) in [4.78, 5) is 3.29. The van der Waals surface area contributed by atoms with E-state index in [1.807, 2.05) is 22.6 Å². The summed E-state index contributed by atoms with van der Waals surface area (Å²) in [5, 5.41) is 2.66. The molecule has 1 aromatic rings. The monoisotopic (exact) mass is 302 g/mol. The van der Waals surface area contributed by atoms with E-state index in [1.165, 1.54) is 6.20 Å². The fraction of sp³-hybridized carbons (Fsp3) is 0.286. The summed E-state index contributed by atoms with van der Waals surface area (Å²) in [6, 6.07) is 0.988. The second-order valence-electron chi connectivity index (χ2n) is 2.30. The van der Waals surface area contributed by atoms with Crippen molar-refractivity contribution in [2.45, 2.75) is 6.18 Å². The third-order valence-corrected chi connectivity index (χ3v) is 2.27. The summed E-state index contributed by atoms with van der Waals surface area (Å²) in [5.74, 6) is 0. The van der Waals surface area contributed by atoms with Crippen molar-refractivity contribution >= 4 is 28.3 Å². The van der Waals surface area contributed by atoms with Crippen molar-refractivity contribution in [2.24, 2.45) is 0 Å². The van der Waals surface area contributed by atoms with Crippen LogP contribution in [0.25, 0.3) is 0 Å². The van der Waals surface area contributed by atoms with Gasteiger partial charge in [-0.15, -0.1) is 0 Å². The number of nitrogens with zero attached hydrogens (tertiary/aromatic N) is 1. The number of anilines is 1. The lowest BCUT2D eigenvalue weighted by molar-refractivity contribution is -0.141. The lowest BCUT2D eigenvalue weighted by Gasteiger charge is -2.08. The third-order valence-electron chi connectivity index (χ3n) is 1.42. The lowest BCUT2D eigenvalue weighted by Crippen LogP contribution is -2.09. The highest BCUT2D eigenvalue weighted by Gasteiger charge is 2.32. The van der Waals surface area contributed by atoms with Crippen molar-refractivity contribution in [3.63, 3.8) is 0 Å². The summed E-state index contributed by atoms with van der Waals surface area (Å²) in [5.41, 5.74) is -0.444. The minimum absolute atomic E-state index is 0.433. The van der Waals surface area contributed by atoms with E-state index >= 15 is 0 Å². The first-order valence-corrected chi connectivity index (χ1v) is 4.43. The van der Waals surface area contributed by atoms with Crippen molar-refractivity contribution in [3.05, 3.63) is 21.5 Å². The number of hydrogen-bond acceptors (Lipinski definition) is 2. The molecule has 0 radical (unpaired) electrons. The van der Waals surface area contributed by atoms with Gasteiger partial charge < -0.3 is 5.32 Å². The molecule has 0 aliphatic rings. The van der Waals surface area contributed by atoms with E-state index in [-0.39, 0.29) is 0 Å². The number of pyridine rings is 1. The summed E-state index contributed by atoms with van der Waals surface area (Å²) in [6.45, 7) is 0. The van der Waals surface area contributed by atoms with E-state index in [4.69, 9.17) is 0 Å². The molecule has 6 heteroatoms. The van der Waals surface area contributed by atoms with Gasteiger partial charge in [0.1, 0.15) is 5.69 Å². The van der Waals surface area contributed by atoms with Gasteiger partial charge in [-0.3, -0.25) is 4.98 Å². The van der Waals surface area contributed by atoms with Gasteiger partial charge in [0, 0.05) is 13.2 Å². The number of alkyl halides is 3. The number of aromatic nitrogens is 1. The quantitative estimate of drug-likeness (QED) is 0.807. The van der Waals surface area contributed by atoms with E-state index in [1.54, 1.807) is 7.05 Å². The molecule has 1 N–H and O–H groups in total. The second-order valence-corrected chi connectivity index (χ2v) is 3.46. The number of rotatable bonds is 1. The Kier molecular flexibility index (Phi) is 2.99. The molecule has 1 aromatic heterocycles. The molecule has 0 atom stereocenters. The predicted molar refractivity (Wildman–Crippen MR) is 51.5 cm³/mol. The van der Waals surface area contributed by atoms with Crippen LogP contribution in [0.1, 0.15) is 5.69 Å². The summed E-state index contributed by atoms with van der Waals surface area (Å²) >= 11 is 1.91. The highest BCUT2D eigenvalue weighted by molar-refractivity contribution is 14.1. The van der Waals surface area contributed by atoms with Gasteiger partial charge in [-0.05, 0) is 28.7 Å². The number of halogens is 4. The van der Waals surface area contributed by atoms with Crippen LogP contribution in [0.5, 0.6) is 0 Å². The molecule has 0 fully saturated rings. The topological polar surface area (TPSA) is 24.9 Å². The Labute approximate surface area is 86.7 Å². The maximum absolute atomic E-state index is 12.1. The number of nitrogens with one attached hydrogen (secondary N) is 1. The second kappa shape index (κ2) is 3.69. The zero-order valence-electron chi connectivity index (χ0n) is 6.61. The van der Waals surface area contributed by atoms with Gasteiger partial charge >= 0.3 is 6.18 Å². The molecular formula is C7H6F3IN2. The molecule has 0 saturated heterocycles. The van der Waals surface area contributed by atoms with Crippen molar-refractivity contribution < 1.29 is 13.2 Å². The molecule has 0 spiro atoms. The maximum Gasteiger partial charge on any atom is 0.433 e. The van der Waals surface area contributed by atoms with Crippen molar-refractivity contribution in [2.75, 3.05) is 12.4 Å². The van der Waals surface area contributed by atoms with Gasteiger partial charge in [0.05, 0.1) is 9.26 Å². The smallest absolute Gasteiger partial charge is 0.387 e. The molecule has 1 rings (SSSR count). The molecule has 0 amide bonds. The van der Waals surface area contributed by atoms with Crippen LogP contribution in [0.4, 0.5) is 18.9 Å². The van der Waals surface area contributed by atoms with Crippen LogP contribution >= 0.6 is 22.6 Å². The van der Waals surface area contributed by atoms with Crippen molar-refractivity contribution in [1.82, 2.24) is 4.98 Å². The molecule has 2 nitrogen and oxygen atoms in total. The van der Waals surface area contributed by atoms with Crippen LogP contribution in [0.2, 0.25) is 0 Å². The SMILES string of the molecule is CNc1cc(C(F)(F)F)ncc1I. The molecule has 0 aliphatic heterocycles. The normalized spacial score (nSPS) is 11.5. The van der Waals surface area contributed by atoms with E-state index in [0.717, 1.165) is 6.07 Å². The van der Waals surface area contributed by atoms with Crippen molar-refractivity contribution in [1.29, 1.82) is 0 Å². The van der Waals surface area contributed by atoms with E-state index in [9.17, 15) is 13.2 Å². The minimum Gasteiger partial charge on any atom is -0.387 e. The van der Waals surface area contributed by atoms with Gasteiger partial charge in [0.2, 0.25) is 0 Å². The Balaban J connectivity index is 3.14. The molecule has 0 aromatic carbocycles. The molecule has 0 bridgehead atoms. The molecule has 0 unspecified atom stereocenters. The van der Waals surface area contributed by atoms with Crippen molar-refractivity contribution in [3.8, 4) is 0 Å². The predicted octanol–water partition coefficient (Wildman–Crippen LogP) is 2.75. The Bertz CT molecular complexity index is 311. The summed E-state index contributed by atoms with van der Waals surface area (Å²) in [6.07, 6.45) is -3.19. The van der Waals surface area contributed by atoms with Crippen LogP contribution in [-0.2, 0) is 6.18 Å². The Morgan fingerprint density at radius 3 is 2.54 bits per heavy atom. The van der Waals surface area contributed by atoms with E-state index in [2.05, 4.69) is 10.3 Å². The van der Waals surface area contributed by atoms with Gasteiger partial charge in [0.25, 0.3) is 0 Å². The Morgan fingerprint density at radius 2 is 2.08 bits per heavy atom. The zero-order chi connectivity index (χ0) is 10.1. The van der Waals surface area contributed by atoms with E-state index in [0.29, 0.717) is 9.26 Å². The molecule has 0 aliphatic carbocycles. The molecule has 13 heavy (non-hydrogen) atoms. The first kappa shape index (κ1) is 10.6. The summed E-state index contributed by atoms with van der Waals surface area (Å²) in [7, 11) is 1.57. The molecule has 0 saturated carbocycles. The van der Waals surface area contributed by atoms with Crippen LogP contribution in [0.15, 0.2) is 12.3 Å². The fourth-order valence-corrected chi connectivity index (χ4v) is 1.35. The summed E-state index contributed by atoms with van der Waals surface area (Å²) < 4.78 is 37.1. The first-order valence-electron chi connectivity index (χ1n) is 3.35. The van der Waals surface area contributed by atoms with Crippen LogP contribution in [0, 0.1) is 3.57 Å². The Morgan fingerprint density at radius 1 is 1.46 bits per heavy atom. The third kappa shape index (κ3) is 2.45. The van der Waals surface area contributed by atoms with E-state index < -0.39 is 11.9 Å². The maximum atomic E-state index is 12.1. The molecular weight excluding hydrogens is 296 g/mol. The molecule has 72 valence electrons. The van der Waals surface area contributed by atoms with Gasteiger partial charge in [-0.1, -0.05) is 0 Å². The standard InChI is InChI=1S/C7H6F3IN2/c1-12-5-2-6(7(8,9)10)13-3-4(5)11/h2-3H,1H3,(H,12,13). The lowest BCUT2D eigenvalue weighted by atomic mass is 10.3. The number of hydrogen-bond donors (Lipinski definition) is 1. The van der Waals surface area contributed by atoms with Crippen LogP contribution in [0.3, 0.4) is 0 Å². The van der Waals surface area contributed by atoms with Gasteiger partial charge in [0.15, 0.2) is 0 Å². The fourth-order valence-electron chi connectivity index (χ4n) is 0.785. The highest BCUT2D eigenvalue weighted by Crippen LogP contribution is 2.30. The Hall–Kier alpha value is -0.530. The van der Waals surface area contributed by atoms with Gasteiger partial charge in [-0.2, -0.15) is 13.2 Å². The van der Waals surface area contributed by atoms with Crippen LogP contribution in [-0.4, -0.2) is 12.0 Å².